The molecule has 0 aromatic carbocycles. The van der Waals surface area contributed by atoms with Crippen LogP contribution in [0.1, 0.15) is 19.8 Å². The first-order valence-electron chi connectivity index (χ1n) is 4.53. The summed E-state index contributed by atoms with van der Waals surface area (Å²) in [5.41, 5.74) is 5.39. The van der Waals surface area contributed by atoms with Crippen LogP contribution in [0.2, 0.25) is 0 Å². The minimum atomic E-state index is -0.353. The van der Waals surface area contributed by atoms with E-state index in [0.29, 0.717) is 6.54 Å². The van der Waals surface area contributed by atoms with E-state index in [0.717, 1.165) is 19.4 Å². The summed E-state index contributed by atoms with van der Waals surface area (Å²) in [6, 6.07) is 0.153. The molecule has 1 aliphatic rings. The number of nitrogens with zero attached hydrogens (tertiary/aromatic N) is 2. The van der Waals surface area contributed by atoms with Gasteiger partial charge in [-0.3, -0.25) is 4.90 Å². The van der Waals surface area contributed by atoms with Gasteiger partial charge in [-0.1, -0.05) is 5.16 Å². The number of likely N-dealkylation sites (tertiary alicyclic amines) is 1. The molecule has 5 heteroatoms. The zero-order chi connectivity index (χ0) is 9.84. The van der Waals surface area contributed by atoms with E-state index in [1.807, 2.05) is 4.90 Å². The summed E-state index contributed by atoms with van der Waals surface area (Å²) in [4.78, 5) is 2.04. The molecule has 2 atom stereocenters. The second kappa shape index (κ2) is 4.43. The van der Waals surface area contributed by atoms with Crippen molar-refractivity contribution in [2.24, 2.45) is 10.9 Å². The van der Waals surface area contributed by atoms with E-state index in [9.17, 15) is 5.11 Å². The number of rotatable bonds is 3. The molecule has 4 N–H and O–H groups in total. The highest BCUT2D eigenvalue weighted by Crippen LogP contribution is 2.19. The van der Waals surface area contributed by atoms with Crippen molar-refractivity contribution in [1.29, 1.82) is 0 Å². The van der Waals surface area contributed by atoms with E-state index in [2.05, 4.69) is 5.16 Å². The molecular weight excluding hydrogens is 170 g/mol. The van der Waals surface area contributed by atoms with Gasteiger partial charge in [-0.25, -0.2) is 0 Å². The second-order valence-electron chi connectivity index (χ2n) is 3.51. The predicted octanol–water partition coefficient (Wildman–Crippen LogP) is -0.422. The smallest absolute Gasteiger partial charge is 0.153 e. The van der Waals surface area contributed by atoms with E-state index in [1.165, 1.54) is 0 Å². The molecule has 76 valence electrons. The van der Waals surface area contributed by atoms with Crippen molar-refractivity contribution in [2.45, 2.75) is 31.9 Å². The summed E-state index contributed by atoms with van der Waals surface area (Å²) in [5.74, 6) is 0.201. The van der Waals surface area contributed by atoms with Gasteiger partial charge in [0.15, 0.2) is 5.84 Å². The van der Waals surface area contributed by atoms with Crippen LogP contribution in [0.15, 0.2) is 5.16 Å². The molecule has 0 radical (unpaired) electrons. The highest BCUT2D eigenvalue weighted by molar-refractivity contribution is 5.81. The quantitative estimate of drug-likeness (QED) is 0.242. The standard InChI is InChI=1S/C8H17N3O2/c1-6(12)7-3-2-4-11(7)5-8(9)10-13/h6-7,12-13H,2-5H2,1H3,(H2,9,10). The summed E-state index contributed by atoms with van der Waals surface area (Å²) in [5, 5.41) is 20.7. The fourth-order valence-corrected chi connectivity index (χ4v) is 1.83. The highest BCUT2D eigenvalue weighted by Gasteiger charge is 2.28. The van der Waals surface area contributed by atoms with Crippen LogP contribution in [0.5, 0.6) is 0 Å². The Morgan fingerprint density at radius 1 is 1.77 bits per heavy atom. The SMILES string of the molecule is CC(O)C1CCCN1C/C(N)=N/O. The van der Waals surface area contributed by atoms with Gasteiger partial charge in [0.05, 0.1) is 12.6 Å². The Hall–Kier alpha value is -0.810. The van der Waals surface area contributed by atoms with Crippen LogP contribution in [-0.4, -0.2) is 46.3 Å². The van der Waals surface area contributed by atoms with Crippen molar-refractivity contribution in [2.75, 3.05) is 13.1 Å². The Morgan fingerprint density at radius 2 is 2.46 bits per heavy atom. The van der Waals surface area contributed by atoms with Crippen LogP contribution in [0, 0.1) is 0 Å². The maximum Gasteiger partial charge on any atom is 0.153 e. The van der Waals surface area contributed by atoms with Crippen LogP contribution in [0.25, 0.3) is 0 Å². The molecule has 1 aliphatic heterocycles. The van der Waals surface area contributed by atoms with Crippen molar-refractivity contribution < 1.29 is 10.3 Å². The number of amidine groups is 1. The first-order valence-corrected chi connectivity index (χ1v) is 4.53. The largest absolute Gasteiger partial charge is 0.409 e. The summed E-state index contributed by atoms with van der Waals surface area (Å²) >= 11 is 0. The van der Waals surface area contributed by atoms with Crippen molar-refractivity contribution in [3.8, 4) is 0 Å². The molecule has 1 fully saturated rings. The maximum atomic E-state index is 9.42. The Kier molecular flexibility index (Phi) is 3.50. The first-order chi connectivity index (χ1) is 6.15. The van der Waals surface area contributed by atoms with E-state index < -0.39 is 0 Å². The topological polar surface area (TPSA) is 82.1 Å². The first kappa shape index (κ1) is 10.3. The number of nitrogens with two attached hydrogens (primary N) is 1. The number of hydrogen-bond acceptors (Lipinski definition) is 4. The lowest BCUT2D eigenvalue weighted by Gasteiger charge is -2.25. The Balaban J connectivity index is 2.49. The minimum absolute atomic E-state index is 0.153. The molecular formula is C8H17N3O2. The molecule has 0 saturated carbocycles. The van der Waals surface area contributed by atoms with E-state index in [4.69, 9.17) is 10.9 Å². The molecule has 2 unspecified atom stereocenters. The van der Waals surface area contributed by atoms with E-state index >= 15 is 0 Å². The lowest BCUT2D eigenvalue weighted by Crippen LogP contribution is -2.42. The second-order valence-corrected chi connectivity index (χ2v) is 3.51. The van der Waals surface area contributed by atoms with Crippen molar-refractivity contribution in [3.05, 3.63) is 0 Å². The summed E-state index contributed by atoms with van der Waals surface area (Å²) in [7, 11) is 0. The summed E-state index contributed by atoms with van der Waals surface area (Å²) < 4.78 is 0. The molecule has 5 nitrogen and oxygen atoms in total. The average Bonchev–Trinajstić information content (AvgIpc) is 2.52. The zero-order valence-corrected chi connectivity index (χ0v) is 7.85. The van der Waals surface area contributed by atoms with E-state index in [-0.39, 0.29) is 18.0 Å². The van der Waals surface area contributed by atoms with Crippen molar-refractivity contribution in [3.63, 3.8) is 0 Å². The van der Waals surface area contributed by atoms with Crippen LogP contribution in [-0.2, 0) is 0 Å². The van der Waals surface area contributed by atoms with Gasteiger partial charge in [-0.2, -0.15) is 0 Å². The lowest BCUT2D eigenvalue weighted by atomic mass is 10.1. The summed E-state index contributed by atoms with van der Waals surface area (Å²) in [6.45, 7) is 3.12. The van der Waals surface area contributed by atoms with Gasteiger partial charge in [0, 0.05) is 6.04 Å². The van der Waals surface area contributed by atoms with Gasteiger partial charge >= 0.3 is 0 Å². The predicted molar refractivity (Wildman–Crippen MR) is 49.7 cm³/mol. The van der Waals surface area contributed by atoms with Gasteiger partial charge in [0.1, 0.15) is 0 Å². The lowest BCUT2D eigenvalue weighted by molar-refractivity contribution is 0.0947. The van der Waals surface area contributed by atoms with Gasteiger partial charge < -0.3 is 16.0 Å². The molecule has 0 spiro atoms. The molecule has 0 amide bonds. The Labute approximate surface area is 77.8 Å². The van der Waals surface area contributed by atoms with Crippen LogP contribution < -0.4 is 5.73 Å². The minimum Gasteiger partial charge on any atom is -0.409 e. The third-order valence-electron chi connectivity index (χ3n) is 2.46. The molecule has 1 saturated heterocycles. The Bertz CT molecular complexity index is 194. The van der Waals surface area contributed by atoms with Gasteiger partial charge in [0.2, 0.25) is 0 Å². The fraction of sp³-hybridized carbons (Fsp3) is 0.875. The Morgan fingerprint density at radius 3 is 3.00 bits per heavy atom. The molecule has 0 aromatic heterocycles. The molecule has 1 rings (SSSR count). The third-order valence-corrected chi connectivity index (χ3v) is 2.46. The van der Waals surface area contributed by atoms with Crippen LogP contribution in [0.3, 0.4) is 0 Å². The maximum absolute atomic E-state index is 9.42. The molecule has 0 aliphatic carbocycles. The zero-order valence-electron chi connectivity index (χ0n) is 7.85. The average molecular weight is 187 g/mol. The monoisotopic (exact) mass is 187 g/mol. The summed E-state index contributed by atoms with van der Waals surface area (Å²) in [6.07, 6.45) is 1.69. The van der Waals surface area contributed by atoms with Gasteiger partial charge in [0.25, 0.3) is 0 Å². The van der Waals surface area contributed by atoms with Crippen molar-refractivity contribution in [1.82, 2.24) is 4.90 Å². The van der Waals surface area contributed by atoms with Crippen LogP contribution >= 0.6 is 0 Å². The molecule has 13 heavy (non-hydrogen) atoms. The molecule has 0 bridgehead atoms. The van der Waals surface area contributed by atoms with Crippen LogP contribution in [0.4, 0.5) is 0 Å². The number of hydrogen-bond donors (Lipinski definition) is 3. The fourth-order valence-electron chi connectivity index (χ4n) is 1.83. The number of oxime groups is 1. The highest BCUT2D eigenvalue weighted by atomic mass is 16.4. The van der Waals surface area contributed by atoms with Gasteiger partial charge in [-0.05, 0) is 26.3 Å². The normalized spacial score (nSPS) is 27.8. The van der Waals surface area contributed by atoms with E-state index in [1.54, 1.807) is 6.92 Å². The number of aliphatic hydroxyl groups excluding tert-OH is 1. The number of aliphatic hydroxyl groups is 1. The molecule has 0 aromatic rings. The molecule has 1 heterocycles. The van der Waals surface area contributed by atoms with Gasteiger partial charge in [-0.15, -0.1) is 0 Å². The van der Waals surface area contributed by atoms with Crippen molar-refractivity contribution >= 4 is 5.84 Å². The third kappa shape index (κ3) is 2.57.